The fourth-order valence-corrected chi connectivity index (χ4v) is 8.48. The first kappa shape index (κ1) is 26.2. The van der Waals surface area contributed by atoms with Gasteiger partial charge in [-0.3, -0.25) is 4.79 Å². The standard InChI is InChI=1S/C30H28FN5O3S2/c31-23-3-5-25(6-4-23)36-27-17-22-11-15-35(41(38,39)26-9-7-24(8-10-26)34-13-1-2-14-34)20-30(22,18-21(27)19-33-36)28(37)29-32-12-16-40-29/h3-10,12,16-17,19H,1-2,11,13-15,18,20H2. The van der Waals surface area contributed by atoms with E-state index in [1.54, 1.807) is 46.7 Å². The SMILES string of the molecule is O=C(c1nccs1)C12Cc3cnn(-c4ccc(F)cc4)c3C=C1CCN(S(=O)(=O)c1ccc(N3CCCC3)cc1)C2. The molecule has 2 aromatic carbocycles. The molecular weight excluding hydrogens is 561 g/mol. The van der Waals surface area contributed by atoms with Crippen LogP contribution in [-0.2, 0) is 16.4 Å². The van der Waals surface area contributed by atoms with Crippen molar-refractivity contribution in [2.24, 2.45) is 5.41 Å². The van der Waals surface area contributed by atoms with Crippen molar-refractivity contribution in [2.45, 2.75) is 30.6 Å². The van der Waals surface area contributed by atoms with Gasteiger partial charge in [0.25, 0.3) is 0 Å². The van der Waals surface area contributed by atoms with Gasteiger partial charge in [-0.2, -0.15) is 9.40 Å². The third kappa shape index (κ3) is 4.43. The molecule has 1 unspecified atom stereocenters. The molecule has 3 aliphatic rings. The summed E-state index contributed by atoms with van der Waals surface area (Å²) in [5, 5.41) is 6.67. The normalized spacial score (nSPS) is 20.9. The number of anilines is 1. The van der Waals surface area contributed by atoms with Crippen LogP contribution < -0.4 is 4.90 Å². The highest BCUT2D eigenvalue weighted by Crippen LogP contribution is 2.47. The molecule has 1 aliphatic carbocycles. The van der Waals surface area contributed by atoms with Crippen LogP contribution in [0.4, 0.5) is 10.1 Å². The number of aromatic nitrogens is 3. The van der Waals surface area contributed by atoms with Crippen LogP contribution in [0.25, 0.3) is 11.8 Å². The summed E-state index contributed by atoms with van der Waals surface area (Å²) in [5.41, 5.74) is 3.16. The molecule has 210 valence electrons. The van der Waals surface area contributed by atoms with E-state index < -0.39 is 15.4 Å². The van der Waals surface area contributed by atoms with E-state index >= 15 is 0 Å². The van der Waals surface area contributed by atoms with Gasteiger partial charge in [-0.15, -0.1) is 11.3 Å². The second kappa shape index (κ2) is 10.0. The molecule has 0 spiro atoms. The largest absolute Gasteiger partial charge is 0.372 e. The molecule has 2 saturated heterocycles. The van der Waals surface area contributed by atoms with Crippen molar-refractivity contribution in [1.82, 2.24) is 19.1 Å². The van der Waals surface area contributed by atoms with E-state index in [4.69, 9.17) is 0 Å². The number of hydrogen-bond donors (Lipinski definition) is 0. The van der Waals surface area contributed by atoms with Crippen LogP contribution in [-0.4, -0.2) is 59.4 Å². The number of Topliss-reactive ketones (excluding diaryl/α,β-unsaturated/α-hetero) is 1. The third-order valence-corrected chi connectivity index (χ3v) is 11.1. The monoisotopic (exact) mass is 589 g/mol. The van der Waals surface area contributed by atoms with E-state index in [0.717, 1.165) is 48.4 Å². The first-order valence-corrected chi connectivity index (χ1v) is 16.0. The topological polar surface area (TPSA) is 88.4 Å². The summed E-state index contributed by atoms with van der Waals surface area (Å²) in [4.78, 5) is 20.9. The Kier molecular flexibility index (Phi) is 6.40. The molecule has 0 N–H and O–H groups in total. The van der Waals surface area contributed by atoms with E-state index in [-0.39, 0.29) is 29.6 Å². The Balaban J connectivity index is 1.25. The van der Waals surface area contributed by atoms with E-state index in [0.29, 0.717) is 23.5 Å². The van der Waals surface area contributed by atoms with Gasteiger partial charge in [0.15, 0.2) is 5.01 Å². The minimum Gasteiger partial charge on any atom is -0.372 e. The Morgan fingerprint density at radius 2 is 1.71 bits per heavy atom. The number of carbonyl (C=O) groups excluding carboxylic acids is 1. The summed E-state index contributed by atoms with van der Waals surface area (Å²) in [6.07, 6.45) is 8.26. The lowest BCUT2D eigenvalue weighted by molar-refractivity contribution is 0.0775. The van der Waals surface area contributed by atoms with Gasteiger partial charge >= 0.3 is 0 Å². The minimum atomic E-state index is -3.85. The molecule has 8 nitrogen and oxygen atoms in total. The molecule has 0 bridgehead atoms. The van der Waals surface area contributed by atoms with Crippen molar-refractivity contribution < 1.29 is 17.6 Å². The summed E-state index contributed by atoms with van der Waals surface area (Å²) >= 11 is 1.26. The van der Waals surface area contributed by atoms with Crippen LogP contribution in [0.2, 0.25) is 0 Å². The fraction of sp³-hybridized carbons (Fsp3) is 0.300. The molecule has 11 heteroatoms. The Bertz CT molecular complexity index is 1740. The van der Waals surface area contributed by atoms with E-state index in [9.17, 15) is 17.6 Å². The summed E-state index contributed by atoms with van der Waals surface area (Å²) in [6, 6.07) is 13.2. The number of halogens is 1. The number of ketones is 1. The third-order valence-electron chi connectivity index (χ3n) is 8.46. The summed E-state index contributed by atoms with van der Waals surface area (Å²) in [6.45, 7) is 2.24. The summed E-state index contributed by atoms with van der Waals surface area (Å²) in [7, 11) is -3.85. The van der Waals surface area contributed by atoms with E-state index in [1.165, 1.54) is 27.8 Å². The number of thiazole rings is 1. The molecule has 0 radical (unpaired) electrons. The van der Waals surface area contributed by atoms with Crippen LogP contribution in [0, 0.1) is 11.2 Å². The quantitative estimate of drug-likeness (QED) is 0.295. The van der Waals surface area contributed by atoms with Crippen LogP contribution in [0.1, 0.15) is 40.3 Å². The van der Waals surface area contributed by atoms with Gasteiger partial charge in [-0.05, 0) is 85.9 Å². The predicted molar refractivity (Wildman–Crippen MR) is 155 cm³/mol. The fourth-order valence-electron chi connectivity index (χ4n) is 6.30. The lowest BCUT2D eigenvalue weighted by Crippen LogP contribution is -2.53. The smallest absolute Gasteiger partial charge is 0.243 e. The van der Waals surface area contributed by atoms with Crippen molar-refractivity contribution >= 4 is 38.9 Å². The predicted octanol–water partition coefficient (Wildman–Crippen LogP) is 4.97. The maximum Gasteiger partial charge on any atom is 0.243 e. The van der Waals surface area contributed by atoms with Gasteiger partial charge < -0.3 is 4.90 Å². The first-order chi connectivity index (χ1) is 19.8. The van der Waals surface area contributed by atoms with Crippen molar-refractivity contribution in [3.8, 4) is 5.69 Å². The van der Waals surface area contributed by atoms with E-state index in [1.807, 2.05) is 18.2 Å². The maximum atomic E-state index is 14.2. The van der Waals surface area contributed by atoms with Crippen LogP contribution >= 0.6 is 11.3 Å². The molecule has 0 amide bonds. The molecule has 2 fully saturated rings. The van der Waals surface area contributed by atoms with E-state index in [2.05, 4.69) is 15.0 Å². The highest BCUT2D eigenvalue weighted by Gasteiger charge is 2.51. The first-order valence-electron chi connectivity index (χ1n) is 13.7. The number of rotatable bonds is 6. The molecule has 2 aliphatic heterocycles. The summed E-state index contributed by atoms with van der Waals surface area (Å²) < 4.78 is 44.6. The Labute approximate surface area is 241 Å². The second-order valence-corrected chi connectivity index (χ2v) is 13.6. The summed E-state index contributed by atoms with van der Waals surface area (Å²) in [5.74, 6) is -0.510. The molecular formula is C30H28FN5O3S2. The zero-order chi connectivity index (χ0) is 28.2. The lowest BCUT2D eigenvalue weighted by atomic mass is 9.66. The number of hydrogen-bond acceptors (Lipinski definition) is 7. The Morgan fingerprint density at radius 3 is 2.41 bits per heavy atom. The van der Waals surface area contributed by atoms with Crippen LogP contribution in [0.3, 0.4) is 0 Å². The zero-order valence-electron chi connectivity index (χ0n) is 22.2. The van der Waals surface area contributed by atoms with Gasteiger partial charge in [-0.25, -0.2) is 22.5 Å². The van der Waals surface area contributed by atoms with Crippen LogP contribution in [0.15, 0.2) is 76.8 Å². The van der Waals surface area contributed by atoms with Crippen molar-refractivity contribution in [2.75, 3.05) is 31.1 Å². The van der Waals surface area contributed by atoms with Crippen molar-refractivity contribution in [1.29, 1.82) is 0 Å². The molecule has 41 heavy (non-hydrogen) atoms. The molecule has 4 aromatic rings. The number of piperidine rings is 1. The number of benzene rings is 2. The highest BCUT2D eigenvalue weighted by molar-refractivity contribution is 7.89. The Morgan fingerprint density at radius 1 is 0.976 bits per heavy atom. The van der Waals surface area contributed by atoms with Crippen molar-refractivity contribution in [3.63, 3.8) is 0 Å². The molecule has 1 atom stereocenters. The zero-order valence-corrected chi connectivity index (χ0v) is 23.9. The van der Waals surface area contributed by atoms with Crippen LogP contribution in [0.5, 0.6) is 0 Å². The van der Waals surface area contributed by atoms with Gasteiger partial charge in [-0.1, -0.05) is 5.57 Å². The average Bonchev–Trinajstić information content (AvgIpc) is 3.78. The average molecular weight is 590 g/mol. The Hall–Kier alpha value is -3.67. The second-order valence-electron chi connectivity index (χ2n) is 10.8. The lowest BCUT2D eigenvalue weighted by Gasteiger charge is -2.44. The number of fused-ring (bicyclic) bond motifs is 2. The van der Waals surface area contributed by atoms with Gasteiger partial charge in [0.2, 0.25) is 15.8 Å². The van der Waals surface area contributed by atoms with Gasteiger partial charge in [0.05, 0.1) is 27.9 Å². The number of sulfonamides is 1. The van der Waals surface area contributed by atoms with Crippen molar-refractivity contribution in [3.05, 3.63) is 94.0 Å². The number of nitrogens with zero attached hydrogens (tertiary/aromatic N) is 5. The molecule has 7 rings (SSSR count). The number of carbonyl (C=O) groups is 1. The maximum absolute atomic E-state index is 14.2. The highest BCUT2D eigenvalue weighted by atomic mass is 32.2. The van der Waals surface area contributed by atoms with Gasteiger partial charge in [0, 0.05) is 43.4 Å². The molecule has 4 heterocycles. The minimum absolute atomic E-state index is 0.0224. The van der Waals surface area contributed by atoms with Gasteiger partial charge in [0.1, 0.15) is 5.82 Å². The molecule has 0 saturated carbocycles. The molecule has 2 aromatic heterocycles.